The van der Waals surface area contributed by atoms with E-state index in [1.54, 1.807) is 0 Å². The summed E-state index contributed by atoms with van der Waals surface area (Å²) in [6, 6.07) is 15.0. The van der Waals surface area contributed by atoms with Crippen LogP contribution in [0.4, 0.5) is 21.0 Å². The molecule has 6 heteroatoms. The molecular weight excluding hydrogens is 340 g/mol. The van der Waals surface area contributed by atoms with E-state index >= 15 is 0 Å². The Kier molecular flexibility index (Phi) is 9.04. The molecular formula is C18H22N2O2S2. The Labute approximate surface area is 153 Å². The Morgan fingerprint density at radius 2 is 1.42 bits per heavy atom. The molecule has 0 saturated carbocycles. The van der Waals surface area contributed by atoms with Gasteiger partial charge in [-0.3, -0.25) is 9.59 Å². The van der Waals surface area contributed by atoms with Crippen LogP contribution in [-0.4, -0.2) is 10.5 Å². The highest BCUT2D eigenvalue weighted by molar-refractivity contribution is 7.97. The first-order valence-corrected chi connectivity index (χ1v) is 8.52. The van der Waals surface area contributed by atoms with E-state index in [0.29, 0.717) is 12.1 Å². The number of thiol groups is 2. The van der Waals surface area contributed by atoms with Crippen LogP contribution in [0.5, 0.6) is 0 Å². The van der Waals surface area contributed by atoms with E-state index in [1.807, 2.05) is 48.5 Å². The number of benzene rings is 2. The van der Waals surface area contributed by atoms with Crippen LogP contribution in [0, 0.1) is 0 Å². The molecule has 0 saturated heterocycles. The van der Waals surface area contributed by atoms with Crippen molar-refractivity contribution < 1.29 is 9.59 Å². The molecule has 2 rings (SSSR count). The highest BCUT2D eigenvalue weighted by atomic mass is 32.1. The normalized spacial score (nSPS) is 9.50. The third-order valence-corrected chi connectivity index (χ3v) is 3.08. The highest BCUT2D eigenvalue weighted by Crippen LogP contribution is 2.20. The first kappa shape index (κ1) is 20.1. The number of carbonyl (C=O) groups is 2. The Bertz CT molecular complexity index is 673. The lowest BCUT2D eigenvalue weighted by molar-refractivity contribution is 0.269. The fraction of sp³-hybridized carbons (Fsp3) is 0.222. The Morgan fingerprint density at radius 1 is 0.875 bits per heavy atom. The van der Waals surface area contributed by atoms with Gasteiger partial charge in [0.05, 0.1) is 0 Å². The first-order chi connectivity index (χ1) is 11.5. The van der Waals surface area contributed by atoms with Gasteiger partial charge in [0.1, 0.15) is 0 Å². The second-order valence-electron chi connectivity index (χ2n) is 5.10. The standard InChI is InChI=1S/C15H14N2O2S2.C3H8/c18-14(20)16-12-7-5-10(6-8-12)9-11-3-1-2-4-13(11)17-15(19)21;1-3-2/h1-8H,9H2,(H2,16,18,20)(H2,17,19,21);3H2,1-2H3. The maximum absolute atomic E-state index is 11.1. The number of rotatable bonds is 4. The van der Waals surface area contributed by atoms with Gasteiger partial charge in [0.15, 0.2) is 0 Å². The number of hydrogen-bond acceptors (Lipinski definition) is 2. The summed E-state index contributed by atoms with van der Waals surface area (Å²) >= 11 is 7.39. The lowest BCUT2D eigenvalue weighted by atomic mass is 10.0. The van der Waals surface area contributed by atoms with Gasteiger partial charge in [0.25, 0.3) is 10.5 Å². The van der Waals surface area contributed by atoms with Gasteiger partial charge in [-0.1, -0.05) is 75.9 Å². The number of nitrogens with one attached hydrogen (secondary N) is 2. The van der Waals surface area contributed by atoms with E-state index in [4.69, 9.17) is 0 Å². The van der Waals surface area contributed by atoms with E-state index in [9.17, 15) is 9.59 Å². The van der Waals surface area contributed by atoms with Crippen LogP contribution in [-0.2, 0) is 6.42 Å². The largest absolute Gasteiger partial charge is 0.317 e. The van der Waals surface area contributed by atoms with Gasteiger partial charge < -0.3 is 10.6 Å². The third kappa shape index (κ3) is 7.57. The van der Waals surface area contributed by atoms with Gasteiger partial charge in [0, 0.05) is 11.4 Å². The molecule has 0 heterocycles. The van der Waals surface area contributed by atoms with Crippen LogP contribution in [0.3, 0.4) is 0 Å². The van der Waals surface area contributed by atoms with Crippen molar-refractivity contribution in [2.45, 2.75) is 26.7 Å². The number of hydrogen-bond donors (Lipinski definition) is 4. The maximum atomic E-state index is 11.1. The minimum Gasteiger partial charge on any atom is -0.317 e. The SMILES string of the molecule is CCC.O=C(S)Nc1ccc(Cc2ccccc2NC(=O)S)cc1. The van der Waals surface area contributed by atoms with Crippen molar-refractivity contribution in [3.05, 3.63) is 59.7 Å². The van der Waals surface area contributed by atoms with Crippen LogP contribution in [0.1, 0.15) is 31.4 Å². The summed E-state index contributed by atoms with van der Waals surface area (Å²) in [5.74, 6) is 0. The van der Waals surface area contributed by atoms with Gasteiger partial charge in [-0.15, -0.1) is 0 Å². The van der Waals surface area contributed by atoms with Gasteiger partial charge >= 0.3 is 0 Å². The smallest absolute Gasteiger partial charge is 0.280 e. The maximum Gasteiger partial charge on any atom is 0.280 e. The molecule has 2 N–H and O–H groups in total. The fourth-order valence-corrected chi connectivity index (χ4v) is 2.21. The summed E-state index contributed by atoms with van der Waals surface area (Å²) in [6.45, 7) is 4.25. The van der Waals surface area contributed by atoms with E-state index in [1.165, 1.54) is 6.42 Å². The summed E-state index contributed by atoms with van der Waals surface area (Å²) in [7, 11) is 0. The number of carbonyl (C=O) groups excluding carboxylic acids is 2. The van der Waals surface area contributed by atoms with Crippen molar-refractivity contribution in [1.82, 2.24) is 0 Å². The molecule has 0 aliphatic heterocycles. The van der Waals surface area contributed by atoms with E-state index in [0.717, 1.165) is 16.8 Å². The van der Waals surface area contributed by atoms with Gasteiger partial charge in [0.2, 0.25) is 0 Å². The molecule has 2 aromatic carbocycles. The zero-order chi connectivity index (χ0) is 17.9. The highest BCUT2D eigenvalue weighted by Gasteiger charge is 2.05. The van der Waals surface area contributed by atoms with Gasteiger partial charge in [-0.2, -0.15) is 0 Å². The summed E-state index contributed by atoms with van der Waals surface area (Å²) < 4.78 is 0. The van der Waals surface area contributed by atoms with Gasteiger partial charge in [-0.05, 0) is 35.7 Å². The lowest BCUT2D eigenvalue weighted by Crippen LogP contribution is -2.05. The second kappa shape index (κ2) is 10.8. The van der Waals surface area contributed by atoms with Crippen molar-refractivity contribution in [2.75, 3.05) is 10.6 Å². The third-order valence-electron chi connectivity index (χ3n) is 2.86. The van der Waals surface area contributed by atoms with E-state index < -0.39 is 10.5 Å². The lowest BCUT2D eigenvalue weighted by Gasteiger charge is -2.10. The molecule has 0 aliphatic carbocycles. The molecule has 0 bridgehead atoms. The number of anilines is 2. The van der Waals surface area contributed by atoms with Crippen LogP contribution in [0.25, 0.3) is 0 Å². The molecule has 0 spiro atoms. The number of amides is 2. The molecule has 0 atom stereocenters. The molecule has 4 nitrogen and oxygen atoms in total. The monoisotopic (exact) mass is 362 g/mol. The van der Waals surface area contributed by atoms with Crippen molar-refractivity contribution in [3.8, 4) is 0 Å². The predicted octanol–water partition coefficient (Wildman–Crippen LogP) is 5.62. The average molecular weight is 363 g/mol. The fourth-order valence-electron chi connectivity index (χ4n) is 1.96. The Morgan fingerprint density at radius 3 is 1.96 bits per heavy atom. The average Bonchev–Trinajstić information content (AvgIpc) is 2.51. The summed E-state index contributed by atoms with van der Waals surface area (Å²) in [4.78, 5) is 21.9. The van der Waals surface area contributed by atoms with Crippen molar-refractivity contribution in [3.63, 3.8) is 0 Å². The molecule has 0 radical (unpaired) electrons. The van der Waals surface area contributed by atoms with Crippen molar-refractivity contribution >= 4 is 47.1 Å². The molecule has 0 fully saturated rings. The predicted molar refractivity (Wildman–Crippen MR) is 108 cm³/mol. The zero-order valence-electron chi connectivity index (χ0n) is 13.7. The quantitative estimate of drug-likeness (QED) is 0.534. The van der Waals surface area contributed by atoms with E-state index in [2.05, 4.69) is 49.7 Å². The second-order valence-corrected chi connectivity index (χ2v) is 5.91. The topological polar surface area (TPSA) is 58.2 Å². The van der Waals surface area contributed by atoms with Gasteiger partial charge in [-0.25, -0.2) is 0 Å². The molecule has 0 unspecified atom stereocenters. The van der Waals surface area contributed by atoms with Crippen LogP contribution in [0.2, 0.25) is 0 Å². The van der Waals surface area contributed by atoms with E-state index in [-0.39, 0.29) is 0 Å². The molecule has 0 aliphatic rings. The van der Waals surface area contributed by atoms with Crippen LogP contribution < -0.4 is 10.6 Å². The summed E-state index contributed by atoms with van der Waals surface area (Å²) in [5.41, 5.74) is 3.49. The minimum atomic E-state index is -0.399. The summed E-state index contributed by atoms with van der Waals surface area (Å²) in [5, 5.41) is 4.49. The minimum absolute atomic E-state index is 0.394. The van der Waals surface area contributed by atoms with Crippen LogP contribution >= 0.6 is 25.3 Å². The first-order valence-electron chi connectivity index (χ1n) is 7.63. The van der Waals surface area contributed by atoms with Crippen LogP contribution in [0.15, 0.2) is 48.5 Å². The van der Waals surface area contributed by atoms with Crippen molar-refractivity contribution in [2.24, 2.45) is 0 Å². The molecule has 24 heavy (non-hydrogen) atoms. The molecule has 2 amide bonds. The number of para-hydroxylation sites is 1. The summed E-state index contributed by atoms with van der Waals surface area (Å²) in [6.07, 6.45) is 1.92. The zero-order valence-corrected chi connectivity index (χ0v) is 15.5. The Hall–Kier alpha value is -1.92. The Balaban J connectivity index is 0.000000891. The van der Waals surface area contributed by atoms with Crippen molar-refractivity contribution in [1.29, 1.82) is 0 Å². The molecule has 0 aromatic heterocycles. The molecule has 128 valence electrons. The molecule has 2 aromatic rings.